The van der Waals surface area contributed by atoms with Crippen molar-refractivity contribution in [3.8, 4) is 17.2 Å². The third-order valence-corrected chi connectivity index (χ3v) is 5.38. The van der Waals surface area contributed by atoms with E-state index in [1.54, 1.807) is 18.2 Å². The van der Waals surface area contributed by atoms with Crippen molar-refractivity contribution in [3.05, 3.63) is 65.7 Å². The van der Waals surface area contributed by atoms with Gasteiger partial charge in [0.15, 0.2) is 0 Å². The van der Waals surface area contributed by atoms with Gasteiger partial charge in [-0.2, -0.15) is 0 Å². The molecule has 0 amide bonds. The zero-order chi connectivity index (χ0) is 22.8. The maximum absolute atomic E-state index is 13.2. The lowest BCUT2D eigenvalue weighted by atomic mass is 10.0. The van der Waals surface area contributed by atoms with Crippen LogP contribution in [0.3, 0.4) is 0 Å². The first kappa shape index (κ1) is 23.6. The molecular formula is C28H34O4. The topological polar surface area (TPSA) is 44.8 Å². The van der Waals surface area contributed by atoms with Crippen LogP contribution in [-0.4, -0.2) is 19.2 Å². The van der Waals surface area contributed by atoms with Crippen molar-refractivity contribution in [2.75, 3.05) is 13.2 Å². The van der Waals surface area contributed by atoms with Crippen LogP contribution in [0.2, 0.25) is 0 Å². The van der Waals surface area contributed by atoms with E-state index in [1.165, 1.54) is 0 Å². The molecule has 0 radical (unpaired) electrons. The van der Waals surface area contributed by atoms with E-state index in [1.807, 2.05) is 30.3 Å². The summed E-state index contributed by atoms with van der Waals surface area (Å²) >= 11 is 0. The first-order valence-corrected chi connectivity index (χ1v) is 11.7. The van der Waals surface area contributed by atoms with Gasteiger partial charge in [-0.15, -0.1) is 0 Å². The first-order chi connectivity index (χ1) is 15.6. The Bertz CT molecular complexity index is 1010. The molecule has 0 heterocycles. The number of fused-ring (bicyclic) bond motifs is 1. The molecule has 0 unspecified atom stereocenters. The minimum Gasteiger partial charge on any atom is -0.493 e. The molecule has 0 aromatic heterocycles. The van der Waals surface area contributed by atoms with Crippen LogP contribution < -0.4 is 14.2 Å². The predicted octanol–water partition coefficient (Wildman–Crippen LogP) is 7.51. The van der Waals surface area contributed by atoms with E-state index in [2.05, 4.69) is 26.8 Å². The fraction of sp³-hybridized carbons (Fsp3) is 0.393. The summed E-state index contributed by atoms with van der Waals surface area (Å²) in [5.41, 5.74) is 1.53. The van der Waals surface area contributed by atoms with Crippen molar-refractivity contribution in [1.29, 1.82) is 0 Å². The maximum Gasteiger partial charge on any atom is 0.347 e. The fourth-order valence-electron chi connectivity index (χ4n) is 3.62. The summed E-state index contributed by atoms with van der Waals surface area (Å²) in [7, 11) is 0. The molecule has 170 valence electrons. The Balaban J connectivity index is 2.01. The van der Waals surface area contributed by atoms with Crippen LogP contribution in [0, 0.1) is 6.92 Å². The van der Waals surface area contributed by atoms with E-state index in [0.29, 0.717) is 36.0 Å². The molecule has 4 heteroatoms. The van der Waals surface area contributed by atoms with Crippen molar-refractivity contribution in [3.63, 3.8) is 0 Å². The Hall–Kier alpha value is -3.01. The fourth-order valence-corrected chi connectivity index (χ4v) is 3.62. The lowest BCUT2D eigenvalue weighted by Gasteiger charge is -2.18. The molecule has 3 rings (SSSR count). The highest BCUT2D eigenvalue weighted by Gasteiger charge is 2.22. The van der Waals surface area contributed by atoms with E-state index >= 15 is 0 Å². The second kappa shape index (κ2) is 12.1. The summed E-state index contributed by atoms with van der Waals surface area (Å²) in [5.74, 6) is 1.32. The van der Waals surface area contributed by atoms with Gasteiger partial charge in [-0.05, 0) is 44.0 Å². The number of para-hydroxylation sites is 1. The Morgan fingerprint density at radius 3 is 2.16 bits per heavy atom. The van der Waals surface area contributed by atoms with E-state index in [4.69, 9.17) is 14.2 Å². The number of rotatable bonds is 12. The SMILES string of the molecule is CCCCCOc1cc(C(=O)Oc2ccccc2)c(OCCCCC)c2ccc(C)cc12. The molecule has 0 fully saturated rings. The quantitative estimate of drug-likeness (QED) is 0.168. The Morgan fingerprint density at radius 1 is 0.781 bits per heavy atom. The molecule has 0 atom stereocenters. The molecule has 0 bridgehead atoms. The highest BCUT2D eigenvalue weighted by molar-refractivity contribution is 6.04. The lowest BCUT2D eigenvalue weighted by Crippen LogP contribution is -2.13. The van der Waals surface area contributed by atoms with Gasteiger partial charge in [0, 0.05) is 10.8 Å². The van der Waals surface area contributed by atoms with Gasteiger partial charge in [-0.25, -0.2) is 4.79 Å². The lowest BCUT2D eigenvalue weighted by molar-refractivity contribution is 0.0730. The number of hydrogen-bond donors (Lipinski definition) is 0. The zero-order valence-corrected chi connectivity index (χ0v) is 19.5. The zero-order valence-electron chi connectivity index (χ0n) is 19.5. The van der Waals surface area contributed by atoms with Crippen LogP contribution in [0.5, 0.6) is 17.2 Å². The summed E-state index contributed by atoms with van der Waals surface area (Å²) in [6.07, 6.45) is 6.34. The average Bonchev–Trinajstić information content (AvgIpc) is 2.80. The van der Waals surface area contributed by atoms with Gasteiger partial charge in [0.05, 0.1) is 13.2 Å². The van der Waals surface area contributed by atoms with Crippen molar-refractivity contribution >= 4 is 16.7 Å². The molecule has 3 aromatic rings. The van der Waals surface area contributed by atoms with Crippen molar-refractivity contribution < 1.29 is 19.0 Å². The van der Waals surface area contributed by atoms with Crippen molar-refractivity contribution in [2.24, 2.45) is 0 Å². The van der Waals surface area contributed by atoms with Crippen LogP contribution in [0.15, 0.2) is 54.6 Å². The van der Waals surface area contributed by atoms with E-state index in [9.17, 15) is 4.79 Å². The van der Waals surface area contributed by atoms with E-state index in [-0.39, 0.29) is 0 Å². The number of hydrogen-bond acceptors (Lipinski definition) is 4. The third-order valence-electron chi connectivity index (χ3n) is 5.38. The van der Waals surface area contributed by atoms with Gasteiger partial charge < -0.3 is 14.2 Å². The molecule has 32 heavy (non-hydrogen) atoms. The first-order valence-electron chi connectivity index (χ1n) is 11.7. The molecule has 0 N–H and O–H groups in total. The van der Waals surface area contributed by atoms with Crippen LogP contribution >= 0.6 is 0 Å². The van der Waals surface area contributed by atoms with Gasteiger partial charge in [0.1, 0.15) is 22.8 Å². The number of ether oxygens (including phenoxy) is 3. The summed E-state index contributed by atoms with van der Waals surface area (Å²) in [6.45, 7) is 7.55. The number of carbonyl (C=O) groups is 1. The smallest absolute Gasteiger partial charge is 0.347 e. The Morgan fingerprint density at radius 2 is 1.47 bits per heavy atom. The number of unbranched alkanes of at least 4 members (excludes halogenated alkanes) is 4. The van der Waals surface area contributed by atoms with Gasteiger partial charge in [0.25, 0.3) is 0 Å². The maximum atomic E-state index is 13.2. The van der Waals surface area contributed by atoms with Crippen molar-refractivity contribution in [1.82, 2.24) is 0 Å². The largest absolute Gasteiger partial charge is 0.493 e. The highest BCUT2D eigenvalue weighted by Crippen LogP contribution is 2.38. The molecule has 0 aliphatic rings. The molecule has 0 saturated heterocycles. The molecule has 0 aliphatic carbocycles. The summed E-state index contributed by atoms with van der Waals surface area (Å²) < 4.78 is 18.0. The summed E-state index contributed by atoms with van der Waals surface area (Å²) in [6, 6.07) is 17.0. The normalized spacial score (nSPS) is 10.8. The predicted molar refractivity (Wildman–Crippen MR) is 130 cm³/mol. The van der Waals surface area contributed by atoms with E-state index < -0.39 is 5.97 Å². The van der Waals surface area contributed by atoms with Gasteiger partial charge in [-0.3, -0.25) is 0 Å². The number of benzene rings is 3. The number of carbonyl (C=O) groups excluding carboxylic acids is 1. The van der Waals surface area contributed by atoms with Gasteiger partial charge >= 0.3 is 5.97 Å². The molecule has 0 saturated carbocycles. The second-order valence-corrected chi connectivity index (χ2v) is 8.11. The van der Waals surface area contributed by atoms with E-state index in [0.717, 1.165) is 54.9 Å². The third kappa shape index (κ3) is 6.25. The van der Waals surface area contributed by atoms with Crippen LogP contribution in [0.4, 0.5) is 0 Å². The molecule has 0 aliphatic heterocycles. The minimum absolute atomic E-state index is 0.396. The molecule has 0 spiro atoms. The highest BCUT2D eigenvalue weighted by atomic mass is 16.5. The average molecular weight is 435 g/mol. The van der Waals surface area contributed by atoms with Crippen LogP contribution in [0.25, 0.3) is 10.8 Å². The second-order valence-electron chi connectivity index (χ2n) is 8.11. The summed E-state index contributed by atoms with van der Waals surface area (Å²) in [4.78, 5) is 13.2. The number of esters is 1. The molecular weight excluding hydrogens is 400 g/mol. The molecule has 3 aromatic carbocycles. The number of aryl methyl sites for hydroxylation is 1. The molecule has 4 nitrogen and oxygen atoms in total. The monoisotopic (exact) mass is 434 g/mol. The van der Waals surface area contributed by atoms with Crippen LogP contribution in [0.1, 0.15) is 68.3 Å². The Labute approximate surface area is 191 Å². The van der Waals surface area contributed by atoms with Crippen molar-refractivity contribution in [2.45, 2.75) is 59.3 Å². The standard InChI is InChI=1S/C28H34O4/c1-4-6-11-17-30-26-20-25(28(29)32-22-13-9-8-10-14-22)27(31-18-12-7-5-2)23-16-15-21(3)19-24(23)26/h8-10,13-16,19-20H,4-7,11-12,17-18H2,1-3H3. The summed E-state index contributed by atoms with van der Waals surface area (Å²) in [5, 5.41) is 1.84. The Kier molecular flexibility index (Phi) is 8.97. The van der Waals surface area contributed by atoms with Gasteiger partial charge in [-0.1, -0.05) is 75.4 Å². The van der Waals surface area contributed by atoms with Gasteiger partial charge in [0.2, 0.25) is 0 Å². The minimum atomic E-state index is -0.442. The van der Waals surface area contributed by atoms with Crippen LogP contribution in [-0.2, 0) is 0 Å².